The van der Waals surface area contributed by atoms with Crippen LogP contribution < -0.4 is 5.32 Å². The molecule has 3 saturated heterocycles. The van der Waals surface area contributed by atoms with Gasteiger partial charge in [0, 0.05) is 45.6 Å². The molecule has 0 unspecified atom stereocenters. The molecular weight excluding hydrogens is 413 g/mol. The number of carbonyl (C=O) groups is 1. The SMILES string of the molecule is O=C(NCc1ccc(F)cc1)[C@@H]1CCCN(S(=O)(=O)N2CCC3(CC2)OCCO3)C1. The molecule has 10 heteroatoms. The molecule has 1 N–H and O–H groups in total. The standard InChI is InChI=1S/C20H28FN3O5S/c21-18-5-3-16(4-6-18)14-22-19(25)17-2-1-9-24(15-17)30(26,27)23-10-7-20(8-11-23)28-12-13-29-20/h3-6,17H,1-2,7-15H2,(H,22,25)/t17-/m1/s1. The van der Waals surface area contributed by atoms with Crippen molar-refractivity contribution in [1.82, 2.24) is 13.9 Å². The van der Waals surface area contributed by atoms with Crippen LogP contribution in [0.2, 0.25) is 0 Å². The van der Waals surface area contributed by atoms with Gasteiger partial charge in [0.05, 0.1) is 19.1 Å². The minimum Gasteiger partial charge on any atom is -0.352 e. The van der Waals surface area contributed by atoms with E-state index in [9.17, 15) is 17.6 Å². The van der Waals surface area contributed by atoms with Crippen molar-refractivity contribution in [3.63, 3.8) is 0 Å². The van der Waals surface area contributed by atoms with Gasteiger partial charge in [0.25, 0.3) is 10.2 Å². The fourth-order valence-electron chi connectivity index (χ4n) is 4.31. The Morgan fingerprint density at radius 1 is 1.10 bits per heavy atom. The summed E-state index contributed by atoms with van der Waals surface area (Å²) in [6, 6.07) is 5.93. The first-order chi connectivity index (χ1) is 14.4. The Morgan fingerprint density at radius 3 is 2.43 bits per heavy atom. The third kappa shape index (κ3) is 4.67. The zero-order valence-electron chi connectivity index (χ0n) is 16.9. The Hall–Kier alpha value is -1.59. The van der Waals surface area contributed by atoms with Gasteiger partial charge < -0.3 is 14.8 Å². The van der Waals surface area contributed by atoms with Crippen LogP contribution >= 0.6 is 0 Å². The lowest BCUT2D eigenvalue weighted by Gasteiger charge is -2.40. The van der Waals surface area contributed by atoms with Gasteiger partial charge in [0.2, 0.25) is 5.91 Å². The second kappa shape index (κ2) is 8.88. The number of rotatable bonds is 5. The fraction of sp³-hybridized carbons (Fsp3) is 0.650. The summed E-state index contributed by atoms with van der Waals surface area (Å²) < 4.78 is 53.5. The molecule has 3 heterocycles. The van der Waals surface area contributed by atoms with Gasteiger partial charge in [-0.25, -0.2) is 4.39 Å². The number of ether oxygens (including phenoxy) is 2. The Bertz CT molecular complexity index is 848. The van der Waals surface area contributed by atoms with E-state index in [0.717, 1.165) is 5.56 Å². The van der Waals surface area contributed by atoms with E-state index in [2.05, 4.69) is 5.32 Å². The molecular formula is C20H28FN3O5S. The highest BCUT2D eigenvalue weighted by Crippen LogP contribution is 2.33. The number of hydrogen-bond acceptors (Lipinski definition) is 5. The largest absolute Gasteiger partial charge is 0.352 e. The third-order valence-corrected chi connectivity index (χ3v) is 8.09. The molecule has 3 fully saturated rings. The Kier molecular flexibility index (Phi) is 6.40. The summed E-state index contributed by atoms with van der Waals surface area (Å²) in [5.41, 5.74) is 0.795. The van der Waals surface area contributed by atoms with Crippen LogP contribution in [0.5, 0.6) is 0 Å². The molecule has 3 aliphatic heterocycles. The summed E-state index contributed by atoms with van der Waals surface area (Å²) in [6.45, 7) is 2.67. The predicted molar refractivity (Wildman–Crippen MR) is 107 cm³/mol. The van der Waals surface area contributed by atoms with E-state index in [-0.39, 0.29) is 24.8 Å². The highest BCUT2D eigenvalue weighted by atomic mass is 32.2. The first-order valence-electron chi connectivity index (χ1n) is 10.4. The molecule has 30 heavy (non-hydrogen) atoms. The van der Waals surface area contributed by atoms with Crippen molar-refractivity contribution in [3.05, 3.63) is 35.6 Å². The van der Waals surface area contributed by atoms with E-state index in [1.807, 2.05) is 0 Å². The summed E-state index contributed by atoms with van der Waals surface area (Å²) in [6.07, 6.45) is 2.31. The zero-order valence-corrected chi connectivity index (χ0v) is 17.7. The summed E-state index contributed by atoms with van der Waals surface area (Å²) in [5, 5.41) is 2.84. The number of nitrogens with one attached hydrogen (secondary N) is 1. The van der Waals surface area contributed by atoms with Crippen LogP contribution in [0.25, 0.3) is 0 Å². The van der Waals surface area contributed by atoms with E-state index in [1.54, 1.807) is 12.1 Å². The molecule has 1 aromatic rings. The maximum atomic E-state index is 13.1. The fourth-order valence-corrected chi connectivity index (χ4v) is 6.01. The Labute approximate surface area is 176 Å². The van der Waals surface area contributed by atoms with Gasteiger partial charge in [-0.1, -0.05) is 12.1 Å². The monoisotopic (exact) mass is 441 g/mol. The molecule has 1 spiro atoms. The van der Waals surface area contributed by atoms with Crippen molar-refractivity contribution in [2.45, 2.75) is 38.0 Å². The molecule has 0 saturated carbocycles. The van der Waals surface area contributed by atoms with E-state index >= 15 is 0 Å². The van der Waals surface area contributed by atoms with Gasteiger partial charge in [-0.2, -0.15) is 17.0 Å². The number of piperidine rings is 2. The smallest absolute Gasteiger partial charge is 0.282 e. The van der Waals surface area contributed by atoms with Crippen LogP contribution in [0, 0.1) is 11.7 Å². The maximum Gasteiger partial charge on any atom is 0.282 e. The summed E-state index contributed by atoms with van der Waals surface area (Å²) in [7, 11) is -3.64. The van der Waals surface area contributed by atoms with Crippen molar-refractivity contribution in [1.29, 1.82) is 0 Å². The second-order valence-corrected chi connectivity index (χ2v) is 9.98. The molecule has 3 aliphatic rings. The molecule has 1 aromatic carbocycles. The minimum atomic E-state index is -3.64. The number of benzene rings is 1. The lowest BCUT2D eigenvalue weighted by molar-refractivity contribution is -0.179. The van der Waals surface area contributed by atoms with E-state index in [1.165, 1.54) is 20.7 Å². The maximum absolute atomic E-state index is 13.1. The van der Waals surface area contributed by atoms with Crippen molar-refractivity contribution in [2.75, 3.05) is 39.4 Å². The highest BCUT2D eigenvalue weighted by Gasteiger charge is 2.44. The second-order valence-electron chi connectivity index (χ2n) is 8.06. The van der Waals surface area contributed by atoms with Crippen LogP contribution in [0.4, 0.5) is 4.39 Å². The minimum absolute atomic E-state index is 0.173. The van der Waals surface area contributed by atoms with Crippen molar-refractivity contribution in [2.24, 2.45) is 5.92 Å². The van der Waals surface area contributed by atoms with Crippen LogP contribution in [0.3, 0.4) is 0 Å². The molecule has 8 nitrogen and oxygen atoms in total. The first kappa shape index (κ1) is 21.6. The molecule has 166 valence electrons. The van der Waals surface area contributed by atoms with Gasteiger partial charge in [0.1, 0.15) is 5.82 Å². The molecule has 4 rings (SSSR count). The average Bonchev–Trinajstić information content (AvgIpc) is 3.21. The topological polar surface area (TPSA) is 88.2 Å². The lowest BCUT2D eigenvalue weighted by Crippen LogP contribution is -2.54. The highest BCUT2D eigenvalue weighted by molar-refractivity contribution is 7.86. The van der Waals surface area contributed by atoms with Gasteiger partial charge in [-0.05, 0) is 30.5 Å². The van der Waals surface area contributed by atoms with Gasteiger partial charge in [-0.3, -0.25) is 4.79 Å². The predicted octanol–water partition coefficient (Wildman–Crippen LogP) is 1.24. The lowest BCUT2D eigenvalue weighted by atomic mass is 9.99. The molecule has 1 atom stereocenters. The Morgan fingerprint density at radius 2 is 1.77 bits per heavy atom. The molecule has 0 radical (unpaired) electrons. The quantitative estimate of drug-likeness (QED) is 0.743. The zero-order chi connectivity index (χ0) is 21.2. The van der Waals surface area contributed by atoms with Crippen LogP contribution in [0.15, 0.2) is 24.3 Å². The number of hydrogen-bond donors (Lipinski definition) is 1. The third-order valence-electron chi connectivity index (χ3n) is 6.09. The first-order valence-corrected chi connectivity index (χ1v) is 11.8. The van der Waals surface area contributed by atoms with Crippen LogP contribution in [0.1, 0.15) is 31.2 Å². The van der Waals surface area contributed by atoms with E-state index in [0.29, 0.717) is 58.5 Å². The Balaban J connectivity index is 1.32. The van der Waals surface area contributed by atoms with Crippen LogP contribution in [-0.2, 0) is 31.0 Å². The van der Waals surface area contributed by atoms with Gasteiger partial charge >= 0.3 is 0 Å². The van der Waals surface area contributed by atoms with E-state index in [4.69, 9.17) is 9.47 Å². The number of halogens is 1. The summed E-state index contributed by atoms with van der Waals surface area (Å²) in [5.74, 6) is -1.53. The molecule has 1 amide bonds. The van der Waals surface area contributed by atoms with Crippen LogP contribution in [-0.4, -0.2) is 68.1 Å². The average molecular weight is 442 g/mol. The van der Waals surface area contributed by atoms with Crippen molar-refractivity contribution < 1.29 is 27.1 Å². The van der Waals surface area contributed by atoms with Crippen molar-refractivity contribution in [3.8, 4) is 0 Å². The summed E-state index contributed by atoms with van der Waals surface area (Å²) >= 11 is 0. The molecule has 0 aliphatic carbocycles. The number of amides is 1. The number of nitrogens with zero attached hydrogens (tertiary/aromatic N) is 2. The van der Waals surface area contributed by atoms with Gasteiger partial charge in [-0.15, -0.1) is 0 Å². The van der Waals surface area contributed by atoms with Crippen molar-refractivity contribution >= 4 is 16.1 Å². The molecule has 0 bridgehead atoms. The normalized spacial score (nSPS) is 25.4. The number of carbonyl (C=O) groups excluding carboxylic acids is 1. The van der Waals surface area contributed by atoms with E-state index < -0.39 is 21.9 Å². The molecule has 0 aromatic heterocycles. The van der Waals surface area contributed by atoms with Gasteiger partial charge in [0.15, 0.2) is 5.79 Å². The summed E-state index contributed by atoms with van der Waals surface area (Å²) in [4.78, 5) is 12.6.